The number of aryl methyl sites for hydroxylation is 1. The van der Waals surface area contributed by atoms with Crippen molar-refractivity contribution < 1.29 is 9.59 Å². The molecule has 1 aromatic carbocycles. The number of anilines is 1. The summed E-state index contributed by atoms with van der Waals surface area (Å²) < 4.78 is 0. The molecule has 6 heteroatoms. The Balaban J connectivity index is 1.65. The average molecular weight is 380 g/mol. The zero-order valence-electron chi connectivity index (χ0n) is 16.7. The normalized spacial score (nSPS) is 14.4. The van der Waals surface area contributed by atoms with E-state index in [1.165, 1.54) is 0 Å². The van der Waals surface area contributed by atoms with E-state index >= 15 is 0 Å². The van der Waals surface area contributed by atoms with Crippen molar-refractivity contribution in [2.75, 3.05) is 11.9 Å². The Morgan fingerprint density at radius 2 is 1.96 bits per heavy atom. The van der Waals surface area contributed by atoms with Crippen LogP contribution in [0.3, 0.4) is 0 Å². The van der Waals surface area contributed by atoms with Crippen molar-refractivity contribution in [1.29, 1.82) is 0 Å². The first kappa shape index (κ1) is 19.9. The third-order valence-corrected chi connectivity index (χ3v) is 4.78. The van der Waals surface area contributed by atoms with Crippen LogP contribution in [-0.2, 0) is 0 Å². The molecule has 1 heterocycles. The minimum absolute atomic E-state index is 0.0984. The Bertz CT molecular complexity index is 846. The van der Waals surface area contributed by atoms with Gasteiger partial charge in [0.05, 0.1) is 11.7 Å². The van der Waals surface area contributed by atoms with Gasteiger partial charge in [-0.1, -0.05) is 26.0 Å². The summed E-state index contributed by atoms with van der Waals surface area (Å²) in [5.41, 5.74) is 3.10. The fourth-order valence-electron chi connectivity index (χ4n) is 3.11. The van der Waals surface area contributed by atoms with Gasteiger partial charge in [-0.2, -0.15) is 0 Å². The Morgan fingerprint density at radius 1 is 1.18 bits per heavy atom. The van der Waals surface area contributed by atoms with Crippen molar-refractivity contribution in [2.24, 2.45) is 11.8 Å². The van der Waals surface area contributed by atoms with Gasteiger partial charge in [0.25, 0.3) is 5.91 Å². The first-order valence-corrected chi connectivity index (χ1v) is 9.81. The minimum Gasteiger partial charge on any atom is -0.352 e. The molecule has 3 rings (SSSR count). The van der Waals surface area contributed by atoms with E-state index in [1.807, 2.05) is 32.9 Å². The molecule has 3 N–H and O–H groups in total. The molecule has 0 aliphatic heterocycles. The Kier molecular flexibility index (Phi) is 6.29. The number of nitrogens with one attached hydrogen (secondary N) is 3. The predicted octanol–water partition coefficient (Wildman–Crippen LogP) is 4.05. The summed E-state index contributed by atoms with van der Waals surface area (Å²) in [6, 6.07) is 10.5. The van der Waals surface area contributed by atoms with Gasteiger partial charge in [-0.15, -0.1) is 0 Å². The molecule has 1 saturated carbocycles. The number of hydrogen-bond donors (Lipinski definition) is 3. The number of amides is 3. The van der Waals surface area contributed by atoms with Gasteiger partial charge in [0.1, 0.15) is 0 Å². The van der Waals surface area contributed by atoms with Crippen molar-refractivity contribution in [3.05, 3.63) is 59.4 Å². The van der Waals surface area contributed by atoms with Crippen molar-refractivity contribution in [3.8, 4) is 0 Å². The van der Waals surface area contributed by atoms with E-state index in [-0.39, 0.29) is 18.0 Å². The van der Waals surface area contributed by atoms with E-state index in [9.17, 15) is 9.59 Å². The molecule has 1 fully saturated rings. The first-order valence-electron chi connectivity index (χ1n) is 9.81. The predicted molar refractivity (Wildman–Crippen MR) is 110 cm³/mol. The van der Waals surface area contributed by atoms with Crippen LogP contribution in [0.15, 0.2) is 42.6 Å². The molecule has 3 amide bonds. The van der Waals surface area contributed by atoms with Gasteiger partial charge in [-0.3, -0.25) is 9.78 Å². The highest BCUT2D eigenvalue weighted by atomic mass is 16.2. The number of pyridine rings is 1. The molecular weight excluding hydrogens is 352 g/mol. The fourth-order valence-corrected chi connectivity index (χ4v) is 3.11. The third kappa shape index (κ3) is 5.31. The van der Waals surface area contributed by atoms with Crippen LogP contribution in [0.25, 0.3) is 0 Å². The van der Waals surface area contributed by atoms with Gasteiger partial charge in [-0.05, 0) is 61.4 Å². The number of nitrogens with zero attached hydrogens (tertiary/aromatic N) is 1. The number of carbonyl (C=O) groups is 2. The summed E-state index contributed by atoms with van der Waals surface area (Å²) in [5, 5.41) is 8.79. The molecule has 0 saturated heterocycles. The first-order chi connectivity index (χ1) is 13.4. The minimum atomic E-state index is -0.290. The van der Waals surface area contributed by atoms with Gasteiger partial charge >= 0.3 is 6.03 Å². The second-order valence-electron chi connectivity index (χ2n) is 7.80. The molecule has 2 aromatic rings. The maximum absolute atomic E-state index is 12.6. The number of hydrogen-bond acceptors (Lipinski definition) is 3. The van der Waals surface area contributed by atoms with E-state index in [4.69, 9.17) is 0 Å². The second-order valence-corrected chi connectivity index (χ2v) is 7.80. The second kappa shape index (κ2) is 8.87. The van der Waals surface area contributed by atoms with Crippen LogP contribution in [0.2, 0.25) is 0 Å². The maximum Gasteiger partial charge on any atom is 0.319 e. The van der Waals surface area contributed by atoms with Gasteiger partial charge in [0.2, 0.25) is 0 Å². The molecule has 1 unspecified atom stereocenters. The molecule has 1 aliphatic carbocycles. The topological polar surface area (TPSA) is 83.1 Å². The Labute approximate surface area is 166 Å². The number of rotatable bonds is 7. The molecule has 6 nitrogen and oxygen atoms in total. The summed E-state index contributed by atoms with van der Waals surface area (Å²) >= 11 is 0. The van der Waals surface area contributed by atoms with Gasteiger partial charge in [0.15, 0.2) is 0 Å². The van der Waals surface area contributed by atoms with Crippen LogP contribution in [0.4, 0.5) is 10.5 Å². The molecule has 1 aromatic heterocycles. The van der Waals surface area contributed by atoms with Gasteiger partial charge in [-0.25, -0.2) is 4.79 Å². The lowest BCUT2D eigenvalue weighted by Crippen LogP contribution is -2.34. The maximum atomic E-state index is 12.6. The summed E-state index contributed by atoms with van der Waals surface area (Å²) in [5.74, 6) is 0.663. The number of urea groups is 1. The summed E-state index contributed by atoms with van der Waals surface area (Å²) in [6.45, 7) is 6.71. The van der Waals surface area contributed by atoms with Crippen LogP contribution in [0, 0.1) is 18.8 Å². The summed E-state index contributed by atoms with van der Waals surface area (Å²) in [6.07, 6.45) is 3.94. The zero-order valence-corrected chi connectivity index (χ0v) is 16.7. The lowest BCUT2D eigenvalue weighted by Gasteiger charge is -2.20. The van der Waals surface area contributed by atoms with Crippen molar-refractivity contribution >= 4 is 17.6 Å². The monoisotopic (exact) mass is 380 g/mol. The lowest BCUT2D eigenvalue weighted by molar-refractivity contribution is 0.0949. The van der Waals surface area contributed by atoms with Crippen LogP contribution < -0.4 is 16.0 Å². The number of benzene rings is 1. The van der Waals surface area contributed by atoms with E-state index in [0.717, 1.165) is 24.1 Å². The third-order valence-electron chi connectivity index (χ3n) is 4.78. The van der Waals surface area contributed by atoms with E-state index in [2.05, 4.69) is 20.9 Å². The van der Waals surface area contributed by atoms with E-state index < -0.39 is 0 Å². The zero-order chi connectivity index (χ0) is 20.1. The quantitative estimate of drug-likeness (QED) is 0.678. The molecule has 1 atom stereocenters. The van der Waals surface area contributed by atoms with Crippen LogP contribution >= 0.6 is 0 Å². The number of carbonyl (C=O) groups excluding carboxylic acids is 2. The van der Waals surface area contributed by atoms with E-state index in [1.54, 1.807) is 30.5 Å². The highest BCUT2D eigenvalue weighted by Gasteiger charge is 2.35. The smallest absolute Gasteiger partial charge is 0.319 e. The molecule has 1 aliphatic rings. The summed E-state index contributed by atoms with van der Waals surface area (Å²) in [4.78, 5) is 29.3. The highest BCUT2D eigenvalue weighted by Crippen LogP contribution is 2.41. The molecule has 0 radical (unpaired) electrons. The van der Waals surface area contributed by atoms with Crippen molar-refractivity contribution in [2.45, 2.75) is 39.7 Å². The van der Waals surface area contributed by atoms with Crippen molar-refractivity contribution in [3.63, 3.8) is 0 Å². The van der Waals surface area contributed by atoms with Gasteiger partial charge in [0, 0.05) is 24.0 Å². The van der Waals surface area contributed by atoms with Gasteiger partial charge < -0.3 is 16.0 Å². The van der Waals surface area contributed by atoms with Crippen LogP contribution in [-0.4, -0.2) is 23.5 Å². The van der Waals surface area contributed by atoms with Crippen molar-refractivity contribution in [1.82, 2.24) is 15.6 Å². The fraction of sp³-hybridized carbons (Fsp3) is 0.409. The SMILES string of the molecule is Cc1cccnc1C(NC(=O)Nc1cccc(C(=O)NCC(C)C)c1)C1CC1. The Hall–Kier alpha value is -2.89. The largest absolute Gasteiger partial charge is 0.352 e. The van der Waals surface area contributed by atoms with Crippen LogP contribution in [0.1, 0.15) is 54.3 Å². The molecule has 28 heavy (non-hydrogen) atoms. The molecule has 0 spiro atoms. The summed E-state index contributed by atoms with van der Waals surface area (Å²) in [7, 11) is 0. The average Bonchev–Trinajstić information content (AvgIpc) is 3.50. The van der Waals surface area contributed by atoms with E-state index in [0.29, 0.717) is 29.6 Å². The number of aromatic nitrogens is 1. The lowest BCUT2D eigenvalue weighted by atomic mass is 10.0. The molecule has 148 valence electrons. The van der Waals surface area contributed by atoms with Crippen LogP contribution in [0.5, 0.6) is 0 Å². The molecular formula is C22H28N4O2. The Morgan fingerprint density at radius 3 is 2.64 bits per heavy atom. The molecule has 0 bridgehead atoms. The standard InChI is InChI=1S/C22H28N4O2/c1-14(2)13-24-21(27)17-7-4-8-18(12-17)25-22(28)26-20(16-9-10-16)19-15(3)6-5-11-23-19/h4-8,11-12,14,16,20H,9-10,13H2,1-3H3,(H,24,27)(H2,25,26,28). The highest BCUT2D eigenvalue weighted by molar-refractivity contribution is 5.96.